The standard InChI is InChI=1S/C30H48O2/c1-6-7-8-9-10-11-12-13-14-15-16-17-18-19-20-21-30(31)32-29-23-22-27(25(2)3)24-28(29)26(4)5/h10-11,13-14,22-26H,6-9,12,15-21H2,1-5H3/b11-10-,14-13-. The molecule has 0 heterocycles. The molecule has 1 aromatic rings. The highest BCUT2D eigenvalue weighted by atomic mass is 16.5. The second-order valence-electron chi connectivity index (χ2n) is 9.56. The molecule has 1 aromatic carbocycles. The Morgan fingerprint density at radius 1 is 0.812 bits per heavy atom. The third-order valence-electron chi connectivity index (χ3n) is 5.88. The van der Waals surface area contributed by atoms with E-state index in [1.807, 2.05) is 6.07 Å². The summed E-state index contributed by atoms with van der Waals surface area (Å²) in [7, 11) is 0. The van der Waals surface area contributed by atoms with Crippen molar-refractivity contribution in [2.45, 2.75) is 124 Å². The van der Waals surface area contributed by atoms with Gasteiger partial charge in [0.05, 0.1) is 0 Å². The van der Waals surface area contributed by atoms with E-state index in [0.717, 1.165) is 37.0 Å². The minimum absolute atomic E-state index is 0.102. The molecule has 0 aliphatic carbocycles. The first-order valence-corrected chi connectivity index (χ1v) is 13.1. The first-order chi connectivity index (χ1) is 15.5. The molecule has 32 heavy (non-hydrogen) atoms. The lowest BCUT2D eigenvalue weighted by Crippen LogP contribution is -2.10. The molecule has 0 spiro atoms. The fourth-order valence-corrected chi connectivity index (χ4v) is 3.72. The van der Waals surface area contributed by atoms with Crippen molar-refractivity contribution in [3.8, 4) is 5.75 Å². The lowest BCUT2D eigenvalue weighted by atomic mass is 9.95. The molecule has 1 rings (SSSR count). The predicted molar refractivity (Wildman–Crippen MR) is 140 cm³/mol. The Morgan fingerprint density at radius 3 is 2.06 bits per heavy atom. The van der Waals surface area contributed by atoms with Gasteiger partial charge >= 0.3 is 5.97 Å². The minimum atomic E-state index is -0.102. The molecule has 0 bridgehead atoms. The third kappa shape index (κ3) is 12.9. The molecule has 0 aliphatic rings. The van der Waals surface area contributed by atoms with Crippen molar-refractivity contribution in [3.05, 3.63) is 53.6 Å². The van der Waals surface area contributed by atoms with Crippen molar-refractivity contribution >= 4 is 5.97 Å². The summed E-state index contributed by atoms with van der Waals surface area (Å²) in [4.78, 5) is 12.3. The molecular weight excluding hydrogens is 392 g/mol. The van der Waals surface area contributed by atoms with Gasteiger partial charge in [-0.1, -0.05) is 103 Å². The molecule has 0 aliphatic heterocycles. The van der Waals surface area contributed by atoms with E-state index in [1.54, 1.807) is 0 Å². The largest absolute Gasteiger partial charge is 0.426 e. The van der Waals surface area contributed by atoms with Gasteiger partial charge in [-0.05, 0) is 67.6 Å². The summed E-state index contributed by atoms with van der Waals surface area (Å²) in [5, 5.41) is 0. The molecule has 0 saturated heterocycles. The lowest BCUT2D eigenvalue weighted by Gasteiger charge is -2.16. The maximum atomic E-state index is 12.3. The van der Waals surface area contributed by atoms with Gasteiger partial charge in [-0.3, -0.25) is 4.79 Å². The molecule has 2 heteroatoms. The van der Waals surface area contributed by atoms with E-state index in [9.17, 15) is 4.79 Å². The van der Waals surface area contributed by atoms with Crippen LogP contribution in [0.4, 0.5) is 0 Å². The first kappa shape index (κ1) is 28.2. The Bertz CT molecular complexity index is 682. The second-order valence-corrected chi connectivity index (χ2v) is 9.56. The van der Waals surface area contributed by atoms with Crippen LogP contribution in [0.3, 0.4) is 0 Å². The van der Waals surface area contributed by atoms with Crippen molar-refractivity contribution in [2.75, 3.05) is 0 Å². The highest BCUT2D eigenvalue weighted by Gasteiger charge is 2.13. The summed E-state index contributed by atoms with van der Waals surface area (Å²) in [6, 6.07) is 6.24. The number of carbonyl (C=O) groups is 1. The van der Waals surface area contributed by atoms with Gasteiger partial charge in [-0.15, -0.1) is 0 Å². The molecule has 0 atom stereocenters. The van der Waals surface area contributed by atoms with E-state index in [0.29, 0.717) is 18.3 Å². The van der Waals surface area contributed by atoms with E-state index in [4.69, 9.17) is 4.74 Å². The summed E-state index contributed by atoms with van der Waals surface area (Å²) < 4.78 is 5.71. The monoisotopic (exact) mass is 440 g/mol. The Kier molecular flexibility index (Phi) is 15.6. The number of esters is 1. The van der Waals surface area contributed by atoms with Gasteiger partial charge in [0, 0.05) is 6.42 Å². The van der Waals surface area contributed by atoms with Crippen LogP contribution in [0, 0.1) is 0 Å². The summed E-state index contributed by atoms with van der Waals surface area (Å²) in [6.45, 7) is 10.9. The number of hydrogen-bond donors (Lipinski definition) is 0. The molecule has 0 fully saturated rings. The maximum Gasteiger partial charge on any atom is 0.311 e. The molecule has 0 saturated carbocycles. The van der Waals surface area contributed by atoms with Crippen molar-refractivity contribution < 1.29 is 9.53 Å². The van der Waals surface area contributed by atoms with Crippen LogP contribution in [0.15, 0.2) is 42.5 Å². The number of benzene rings is 1. The average molecular weight is 441 g/mol. The molecule has 0 N–H and O–H groups in total. The predicted octanol–water partition coefficient (Wildman–Crippen LogP) is 9.65. The van der Waals surface area contributed by atoms with Crippen LogP contribution >= 0.6 is 0 Å². The Morgan fingerprint density at radius 2 is 1.44 bits per heavy atom. The maximum absolute atomic E-state index is 12.3. The molecule has 0 aromatic heterocycles. The first-order valence-electron chi connectivity index (χ1n) is 13.1. The van der Waals surface area contributed by atoms with Crippen LogP contribution in [0.25, 0.3) is 0 Å². The number of ether oxygens (including phenoxy) is 1. The zero-order valence-electron chi connectivity index (χ0n) is 21.5. The van der Waals surface area contributed by atoms with E-state index in [-0.39, 0.29) is 5.97 Å². The molecule has 0 unspecified atom stereocenters. The van der Waals surface area contributed by atoms with Gasteiger partial charge in [-0.2, -0.15) is 0 Å². The van der Waals surface area contributed by atoms with E-state index in [1.165, 1.54) is 50.5 Å². The van der Waals surface area contributed by atoms with Gasteiger partial charge in [0.2, 0.25) is 0 Å². The van der Waals surface area contributed by atoms with Crippen molar-refractivity contribution in [3.63, 3.8) is 0 Å². The molecule has 0 radical (unpaired) electrons. The van der Waals surface area contributed by atoms with Crippen molar-refractivity contribution in [2.24, 2.45) is 0 Å². The normalized spacial score (nSPS) is 12.0. The van der Waals surface area contributed by atoms with E-state index in [2.05, 4.69) is 71.1 Å². The highest BCUT2D eigenvalue weighted by Crippen LogP contribution is 2.30. The number of rotatable bonds is 17. The van der Waals surface area contributed by atoms with Crippen LogP contribution in [0.1, 0.15) is 135 Å². The van der Waals surface area contributed by atoms with Crippen LogP contribution in [0.5, 0.6) is 5.75 Å². The number of allylic oxidation sites excluding steroid dienone is 4. The second kappa shape index (κ2) is 17.7. The van der Waals surface area contributed by atoms with Gasteiger partial charge < -0.3 is 4.74 Å². The smallest absolute Gasteiger partial charge is 0.311 e. The summed E-state index contributed by atoms with van der Waals surface area (Å²) in [5.41, 5.74) is 2.42. The molecule has 0 amide bonds. The summed E-state index contributed by atoms with van der Waals surface area (Å²) in [5.74, 6) is 1.45. The fraction of sp³-hybridized carbons (Fsp3) is 0.633. The SMILES string of the molecule is CCCCC/C=C\C/C=C\CCCCCCCC(=O)Oc1ccc(C(C)C)cc1C(C)C. The quantitative estimate of drug-likeness (QED) is 0.104. The minimum Gasteiger partial charge on any atom is -0.426 e. The zero-order chi connectivity index (χ0) is 23.6. The average Bonchev–Trinajstić information content (AvgIpc) is 2.76. The third-order valence-corrected chi connectivity index (χ3v) is 5.88. The van der Waals surface area contributed by atoms with Crippen molar-refractivity contribution in [1.82, 2.24) is 0 Å². The zero-order valence-corrected chi connectivity index (χ0v) is 21.5. The van der Waals surface area contributed by atoms with Gasteiger partial charge in [0.25, 0.3) is 0 Å². The topological polar surface area (TPSA) is 26.3 Å². The Labute approximate surface area is 198 Å². The van der Waals surface area contributed by atoms with Crippen molar-refractivity contribution in [1.29, 1.82) is 0 Å². The molecule has 180 valence electrons. The van der Waals surface area contributed by atoms with E-state index < -0.39 is 0 Å². The number of carbonyl (C=O) groups excluding carboxylic acids is 1. The highest BCUT2D eigenvalue weighted by molar-refractivity contribution is 5.72. The number of unbranched alkanes of at least 4 members (excludes halogenated alkanes) is 8. The molecular formula is C30H48O2. The Hall–Kier alpha value is -1.83. The van der Waals surface area contributed by atoms with Crippen LogP contribution < -0.4 is 4.74 Å². The summed E-state index contributed by atoms with van der Waals surface area (Å²) in [6.07, 6.45) is 22.8. The van der Waals surface area contributed by atoms with Crippen LogP contribution in [-0.4, -0.2) is 5.97 Å². The lowest BCUT2D eigenvalue weighted by molar-refractivity contribution is -0.134. The molecule has 2 nitrogen and oxygen atoms in total. The van der Waals surface area contributed by atoms with Crippen LogP contribution in [0.2, 0.25) is 0 Å². The fourth-order valence-electron chi connectivity index (χ4n) is 3.72. The number of hydrogen-bond acceptors (Lipinski definition) is 2. The van der Waals surface area contributed by atoms with Gasteiger partial charge in [0.15, 0.2) is 0 Å². The van der Waals surface area contributed by atoms with Gasteiger partial charge in [0.1, 0.15) is 5.75 Å². The van der Waals surface area contributed by atoms with E-state index >= 15 is 0 Å². The van der Waals surface area contributed by atoms with Gasteiger partial charge in [-0.25, -0.2) is 0 Å². The Balaban J connectivity index is 2.14. The van der Waals surface area contributed by atoms with Crippen LogP contribution in [-0.2, 0) is 4.79 Å². The summed E-state index contributed by atoms with van der Waals surface area (Å²) >= 11 is 0.